The van der Waals surface area contributed by atoms with Crippen LogP contribution >= 0.6 is 0 Å². The molecule has 0 fully saturated rings. The normalized spacial score (nSPS) is 11.6. The van der Waals surface area contributed by atoms with Crippen LogP contribution in [0.1, 0.15) is 17.4 Å². The molecular formula is C15H16N2O6. The SMILES string of the molecule is COc1ccc(OC)c(-c2cc(C(=O)N[C@@H](C)C(=O)O)no2)c1. The number of carboxylic acid groups (broad SMARTS) is 1. The second-order valence-corrected chi connectivity index (χ2v) is 4.68. The lowest BCUT2D eigenvalue weighted by Crippen LogP contribution is -2.38. The summed E-state index contributed by atoms with van der Waals surface area (Å²) in [6.45, 7) is 1.35. The minimum Gasteiger partial charge on any atom is -0.497 e. The number of nitrogens with one attached hydrogen (secondary N) is 1. The van der Waals surface area contributed by atoms with Crippen LogP contribution in [0.5, 0.6) is 11.5 Å². The summed E-state index contributed by atoms with van der Waals surface area (Å²) in [5.74, 6) is -0.377. The number of hydrogen-bond acceptors (Lipinski definition) is 6. The lowest BCUT2D eigenvalue weighted by molar-refractivity contribution is -0.138. The van der Waals surface area contributed by atoms with Gasteiger partial charge in [0.2, 0.25) is 0 Å². The van der Waals surface area contributed by atoms with Crippen molar-refractivity contribution in [3.63, 3.8) is 0 Å². The fourth-order valence-electron chi connectivity index (χ4n) is 1.85. The number of carbonyl (C=O) groups excluding carboxylic acids is 1. The van der Waals surface area contributed by atoms with Gasteiger partial charge in [0.05, 0.1) is 19.8 Å². The second-order valence-electron chi connectivity index (χ2n) is 4.68. The molecule has 0 radical (unpaired) electrons. The average molecular weight is 320 g/mol. The minimum absolute atomic E-state index is 0.0297. The Morgan fingerprint density at radius 2 is 2.00 bits per heavy atom. The van der Waals surface area contributed by atoms with E-state index in [0.717, 1.165) is 0 Å². The summed E-state index contributed by atoms with van der Waals surface area (Å²) in [4.78, 5) is 22.7. The Labute approximate surface area is 132 Å². The molecular weight excluding hydrogens is 304 g/mol. The minimum atomic E-state index is -1.14. The van der Waals surface area contributed by atoms with E-state index in [4.69, 9.17) is 19.1 Å². The van der Waals surface area contributed by atoms with Crippen molar-refractivity contribution in [2.75, 3.05) is 14.2 Å². The molecule has 0 aliphatic carbocycles. The van der Waals surface area contributed by atoms with Crippen molar-refractivity contribution in [1.29, 1.82) is 0 Å². The van der Waals surface area contributed by atoms with Gasteiger partial charge in [0.1, 0.15) is 17.5 Å². The van der Waals surface area contributed by atoms with Gasteiger partial charge in [0.25, 0.3) is 5.91 Å². The monoisotopic (exact) mass is 320 g/mol. The van der Waals surface area contributed by atoms with Crippen molar-refractivity contribution in [2.45, 2.75) is 13.0 Å². The van der Waals surface area contributed by atoms with Crippen LogP contribution in [0.2, 0.25) is 0 Å². The summed E-state index contributed by atoms with van der Waals surface area (Å²) in [7, 11) is 3.03. The summed E-state index contributed by atoms with van der Waals surface area (Å²) >= 11 is 0. The van der Waals surface area contributed by atoms with Crippen LogP contribution in [0, 0.1) is 0 Å². The Kier molecular flexibility index (Phi) is 4.85. The van der Waals surface area contributed by atoms with E-state index < -0.39 is 17.9 Å². The molecule has 1 amide bonds. The fourth-order valence-corrected chi connectivity index (χ4v) is 1.85. The highest BCUT2D eigenvalue weighted by molar-refractivity contribution is 5.95. The molecule has 1 aromatic heterocycles. The van der Waals surface area contributed by atoms with Gasteiger partial charge < -0.3 is 24.4 Å². The molecule has 8 nitrogen and oxygen atoms in total. The number of ether oxygens (including phenoxy) is 2. The van der Waals surface area contributed by atoms with Crippen molar-refractivity contribution in [2.24, 2.45) is 0 Å². The van der Waals surface area contributed by atoms with Crippen LogP contribution in [0.3, 0.4) is 0 Å². The predicted octanol–water partition coefficient (Wildman–Crippen LogP) is 1.56. The van der Waals surface area contributed by atoms with Crippen LogP contribution in [0.25, 0.3) is 11.3 Å². The van der Waals surface area contributed by atoms with Gasteiger partial charge in [-0.3, -0.25) is 9.59 Å². The van der Waals surface area contributed by atoms with Gasteiger partial charge in [0.15, 0.2) is 11.5 Å². The number of rotatable bonds is 6. The van der Waals surface area contributed by atoms with Crippen LogP contribution in [-0.2, 0) is 4.79 Å². The maximum Gasteiger partial charge on any atom is 0.325 e. The predicted molar refractivity (Wildman–Crippen MR) is 79.6 cm³/mol. The average Bonchev–Trinajstić information content (AvgIpc) is 3.03. The number of methoxy groups -OCH3 is 2. The van der Waals surface area contributed by atoms with Gasteiger partial charge in [-0.25, -0.2) is 0 Å². The molecule has 23 heavy (non-hydrogen) atoms. The molecule has 0 saturated heterocycles. The highest BCUT2D eigenvalue weighted by Gasteiger charge is 2.20. The fraction of sp³-hybridized carbons (Fsp3) is 0.267. The van der Waals surface area contributed by atoms with E-state index in [2.05, 4.69) is 10.5 Å². The Hall–Kier alpha value is -3.03. The Morgan fingerprint density at radius 1 is 1.26 bits per heavy atom. The highest BCUT2D eigenvalue weighted by Crippen LogP contribution is 2.33. The first kappa shape index (κ1) is 16.3. The number of benzene rings is 1. The standard InChI is InChI=1S/C15H16N2O6/c1-8(15(19)20)16-14(18)11-7-13(23-17-11)10-6-9(21-2)4-5-12(10)22-3/h4-8H,1-3H3,(H,16,18)(H,19,20)/t8-/m0/s1. The molecule has 0 bridgehead atoms. The molecule has 2 rings (SSSR count). The molecule has 122 valence electrons. The van der Waals surface area contributed by atoms with Crippen molar-refractivity contribution < 1.29 is 28.7 Å². The lowest BCUT2D eigenvalue weighted by atomic mass is 10.1. The zero-order valence-electron chi connectivity index (χ0n) is 12.8. The maximum atomic E-state index is 11.9. The van der Waals surface area contributed by atoms with E-state index in [1.54, 1.807) is 18.2 Å². The Bertz CT molecular complexity index is 725. The first-order valence-electron chi connectivity index (χ1n) is 6.69. The second kappa shape index (κ2) is 6.82. The van der Waals surface area contributed by atoms with E-state index >= 15 is 0 Å². The third-order valence-electron chi connectivity index (χ3n) is 3.13. The molecule has 0 spiro atoms. The third kappa shape index (κ3) is 3.60. The van der Waals surface area contributed by atoms with Gasteiger partial charge in [-0.05, 0) is 25.1 Å². The quantitative estimate of drug-likeness (QED) is 0.830. The molecule has 2 aromatic rings. The number of carboxylic acids is 1. The highest BCUT2D eigenvalue weighted by atomic mass is 16.5. The number of aromatic nitrogens is 1. The van der Waals surface area contributed by atoms with Gasteiger partial charge in [-0.1, -0.05) is 5.16 Å². The molecule has 0 saturated carbocycles. The van der Waals surface area contributed by atoms with Gasteiger partial charge in [-0.15, -0.1) is 0 Å². The molecule has 1 atom stereocenters. The summed E-state index contributed by atoms with van der Waals surface area (Å²) in [6.07, 6.45) is 0. The van der Waals surface area contributed by atoms with Gasteiger partial charge in [0, 0.05) is 6.07 Å². The number of hydrogen-bond donors (Lipinski definition) is 2. The van der Waals surface area contributed by atoms with Crippen LogP contribution < -0.4 is 14.8 Å². The summed E-state index contributed by atoms with van der Waals surface area (Å²) in [6, 6.07) is 5.47. The maximum absolute atomic E-state index is 11.9. The largest absolute Gasteiger partial charge is 0.497 e. The summed E-state index contributed by atoms with van der Waals surface area (Å²) in [5.41, 5.74) is 0.530. The molecule has 0 aliphatic heterocycles. The lowest BCUT2D eigenvalue weighted by Gasteiger charge is -2.07. The topological polar surface area (TPSA) is 111 Å². The third-order valence-corrected chi connectivity index (χ3v) is 3.13. The first-order valence-corrected chi connectivity index (χ1v) is 6.69. The van der Waals surface area contributed by atoms with Crippen molar-refractivity contribution in [1.82, 2.24) is 10.5 Å². The molecule has 1 aromatic carbocycles. The molecule has 0 unspecified atom stereocenters. The summed E-state index contributed by atoms with van der Waals surface area (Å²) < 4.78 is 15.6. The van der Waals surface area contributed by atoms with Crippen molar-refractivity contribution in [3.05, 3.63) is 30.0 Å². The zero-order valence-corrected chi connectivity index (χ0v) is 12.8. The zero-order chi connectivity index (χ0) is 17.0. The number of aliphatic carboxylic acids is 1. The first-order chi connectivity index (χ1) is 11.0. The van der Waals surface area contributed by atoms with E-state index in [-0.39, 0.29) is 5.69 Å². The van der Waals surface area contributed by atoms with Gasteiger partial charge >= 0.3 is 5.97 Å². The van der Waals surface area contributed by atoms with E-state index in [0.29, 0.717) is 22.8 Å². The van der Waals surface area contributed by atoms with E-state index in [1.165, 1.54) is 27.2 Å². The van der Waals surface area contributed by atoms with Crippen LogP contribution in [0.4, 0.5) is 0 Å². The smallest absolute Gasteiger partial charge is 0.325 e. The number of nitrogens with zero attached hydrogens (tertiary/aromatic N) is 1. The van der Waals surface area contributed by atoms with Crippen molar-refractivity contribution in [3.8, 4) is 22.8 Å². The van der Waals surface area contributed by atoms with Crippen LogP contribution in [-0.4, -0.2) is 42.4 Å². The van der Waals surface area contributed by atoms with Crippen molar-refractivity contribution >= 4 is 11.9 Å². The summed E-state index contributed by atoms with van der Waals surface area (Å²) in [5, 5.41) is 14.8. The Balaban J connectivity index is 2.28. The van der Waals surface area contributed by atoms with Crippen LogP contribution in [0.15, 0.2) is 28.8 Å². The van der Waals surface area contributed by atoms with E-state index in [1.807, 2.05) is 0 Å². The molecule has 8 heteroatoms. The van der Waals surface area contributed by atoms with Gasteiger partial charge in [-0.2, -0.15) is 0 Å². The molecule has 1 heterocycles. The van der Waals surface area contributed by atoms with E-state index in [9.17, 15) is 9.59 Å². The Morgan fingerprint density at radius 3 is 2.61 bits per heavy atom. The number of carbonyl (C=O) groups is 2. The molecule has 2 N–H and O–H groups in total. The number of amides is 1. The molecule has 0 aliphatic rings.